The highest BCUT2D eigenvalue weighted by atomic mass is 15.2. The lowest BCUT2D eigenvalue weighted by atomic mass is 9.81. The molecule has 2 nitrogen and oxygen atoms in total. The van der Waals surface area contributed by atoms with Crippen LogP contribution in [-0.2, 0) is 0 Å². The zero-order chi connectivity index (χ0) is 14.3. The van der Waals surface area contributed by atoms with Crippen LogP contribution in [0.15, 0.2) is 0 Å². The molecule has 0 saturated carbocycles. The predicted molar refractivity (Wildman–Crippen MR) is 85.6 cm³/mol. The van der Waals surface area contributed by atoms with Crippen molar-refractivity contribution < 1.29 is 0 Å². The number of likely N-dealkylation sites (tertiary alicyclic amines) is 1. The van der Waals surface area contributed by atoms with Crippen LogP contribution in [-0.4, -0.2) is 37.6 Å². The molecule has 1 aliphatic rings. The summed E-state index contributed by atoms with van der Waals surface area (Å²) in [6.45, 7) is 18.0. The van der Waals surface area contributed by atoms with Gasteiger partial charge in [0.05, 0.1) is 0 Å². The molecule has 1 unspecified atom stereocenters. The molecule has 0 aliphatic carbocycles. The maximum atomic E-state index is 3.66. The van der Waals surface area contributed by atoms with Crippen molar-refractivity contribution in [3.63, 3.8) is 0 Å². The molecule has 1 rings (SSSR count). The van der Waals surface area contributed by atoms with E-state index in [9.17, 15) is 0 Å². The number of hydrogen-bond donors (Lipinski definition) is 1. The van der Waals surface area contributed by atoms with Crippen molar-refractivity contribution in [2.24, 2.45) is 17.3 Å². The minimum absolute atomic E-state index is 0.487. The topological polar surface area (TPSA) is 15.3 Å². The van der Waals surface area contributed by atoms with Gasteiger partial charge in [0, 0.05) is 19.6 Å². The molecule has 0 bridgehead atoms. The fourth-order valence-corrected chi connectivity index (χ4v) is 3.33. The number of hydrogen-bond acceptors (Lipinski definition) is 2. The van der Waals surface area contributed by atoms with Crippen LogP contribution in [0.3, 0.4) is 0 Å². The standard InChI is InChI=1S/C17H36N2/c1-6-10-18-13-17(7-2,8-3)14-19-11-9-16(12-19)15(4)5/h15-16,18H,6-14H2,1-5H3. The molecule has 0 radical (unpaired) electrons. The van der Waals surface area contributed by atoms with Gasteiger partial charge in [-0.2, -0.15) is 0 Å². The summed E-state index contributed by atoms with van der Waals surface area (Å²) in [7, 11) is 0. The van der Waals surface area contributed by atoms with E-state index >= 15 is 0 Å². The van der Waals surface area contributed by atoms with Gasteiger partial charge in [0.15, 0.2) is 0 Å². The number of rotatable bonds is 9. The maximum absolute atomic E-state index is 3.66. The van der Waals surface area contributed by atoms with Crippen molar-refractivity contribution in [3.05, 3.63) is 0 Å². The zero-order valence-electron chi connectivity index (χ0n) is 14.0. The number of nitrogens with one attached hydrogen (secondary N) is 1. The van der Waals surface area contributed by atoms with Gasteiger partial charge in [-0.15, -0.1) is 0 Å². The van der Waals surface area contributed by atoms with Gasteiger partial charge in [-0.1, -0.05) is 34.6 Å². The first kappa shape index (κ1) is 17.0. The maximum Gasteiger partial charge on any atom is 0.00501 e. The van der Waals surface area contributed by atoms with Crippen LogP contribution in [0.1, 0.15) is 60.3 Å². The summed E-state index contributed by atoms with van der Waals surface area (Å²) in [5, 5.41) is 3.66. The molecular weight excluding hydrogens is 232 g/mol. The average molecular weight is 268 g/mol. The van der Waals surface area contributed by atoms with E-state index < -0.39 is 0 Å². The van der Waals surface area contributed by atoms with E-state index in [-0.39, 0.29) is 0 Å². The molecule has 0 aromatic heterocycles. The fraction of sp³-hybridized carbons (Fsp3) is 1.00. The van der Waals surface area contributed by atoms with Crippen molar-refractivity contribution in [2.45, 2.75) is 60.3 Å². The Morgan fingerprint density at radius 2 is 1.89 bits per heavy atom. The molecule has 1 atom stereocenters. The summed E-state index contributed by atoms with van der Waals surface area (Å²) in [6.07, 6.45) is 5.23. The Bertz CT molecular complexity index is 233. The molecule has 19 heavy (non-hydrogen) atoms. The zero-order valence-corrected chi connectivity index (χ0v) is 14.0. The molecule has 0 aromatic rings. The van der Waals surface area contributed by atoms with Gasteiger partial charge in [-0.25, -0.2) is 0 Å². The van der Waals surface area contributed by atoms with Crippen LogP contribution in [0, 0.1) is 17.3 Å². The second kappa shape index (κ2) is 8.26. The highest BCUT2D eigenvalue weighted by Crippen LogP contribution is 2.31. The van der Waals surface area contributed by atoms with Gasteiger partial charge in [0.25, 0.3) is 0 Å². The summed E-state index contributed by atoms with van der Waals surface area (Å²) in [4.78, 5) is 2.73. The summed E-state index contributed by atoms with van der Waals surface area (Å²) in [5.74, 6) is 1.77. The molecule has 0 spiro atoms. The Morgan fingerprint density at radius 1 is 1.21 bits per heavy atom. The first-order valence-corrected chi connectivity index (χ1v) is 8.50. The van der Waals surface area contributed by atoms with E-state index in [1.165, 1.54) is 51.9 Å². The van der Waals surface area contributed by atoms with Gasteiger partial charge in [0.2, 0.25) is 0 Å². The van der Waals surface area contributed by atoms with E-state index in [0.29, 0.717) is 5.41 Å². The Balaban J connectivity index is 2.49. The SMILES string of the molecule is CCCNCC(CC)(CC)CN1CCC(C(C)C)C1. The third-order valence-electron chi connectivity index (χ3n) is 5.24. The summed E-state index contributed by atoms with van der Waals surface area (Å²) in [6, 6.07) is 0. The van der Waals surface area contributed by atoms with Gasteiger partial charge in [0.1, 0.15) is 0 Å². The van der Waals surface area contributed by atoms with Crippen LogP contribution in [0.4, 0.5) is 0 Å². The molecule has 2 heteroatoms. The number of nitrogens with zero attached hydrogens (tertiary/aromatic N) is 1. The summed E-state index contributed by atoms with van der Waals surface area (Å²) in [5.41, 5.74) is 0.487. The van der Waals surface area contributed by atoms with Crippen molar-refractivity contribution in [2.75, 3.05) is 32.7 Å². The molecule has 1 heterocycles. The van der Waals surface area contributed by atoms with Gasteiger partial charge < -0.3 is 10.2 Å². The summed E-state index contributed by atoms with van der Waals surface area (Å²) >= 11 is 0. The van der Waals surface area contributed by atoms with Crippen LogP contribution < -0.4 is 5.32 Å². The molecule has 1 fully saturated rings. The van der Waals surface area contributed by atoms with Gasteiger partial charge in [-0.05, 0) is 56.0 Å². The largest absolute Gasteiger partial charge is 0.316 e. The molecule has 1 N–H and O–H groups in total. The Hall–Kier alpha value is -0.0800. The first-order chi connectivity index (χ1) is 9.06. The molecule has 0 amide bonds. The smallest absolute Gasteiger partial charge is 0.00501 e. The van der Waals surface area contributed by atoms with Crippen molar-refractivity contribution in [1.82, 2.24) is 10.2 Å². The van der Waals surface area contributed by atoms with Crippen LogP contribution in [0.2, 0.25) is 0 Å². The minimum atomic E-state index is 0.487. The third kappa shape index (κ3) is 5.07. The van der Waals surface area contributed by atoms with E-state index in [2.05, 4.69) is 44.8 Å². The lowest BCUT2D eigenvalue weighted by Gasteiger charge is -2.36. The lowest BCUT2D eigenvalue weighted by molar-refractivity contribution is 0.149. The highest BCUT2D eigenvalue weighted by molar-refractivity contribution is 4.87. The molecule has 1 saturated heterocycles. The van der Waals surface area contributed by atoms with E-state index in [0.717, 1.165) is 18.4 Å². The second-order valence-electron chi connectivity index (χ2n) is 6.91. The normalized spacial score (nSPS) is 21.5. The molecule has 1 aliphatic heterocycles. The average Bonchev–Trinajstić information content (AvgIpc) is 2.86. The quantitative estimate of drug-likeness (QED) is 0.640. The van der Waals surface area contributed by atoms with E-state index in [1.807, 2.05) is 0 Å². The van der Waals surface area contributed by atoms with E-state index in [1.54, 1.807) is 0 Å². The van der Waals surface area contributed by atoms with Crippen LogP contribution in [0.25, 0.3) is 0 Å². The molecule has 114 valence electrons. The van der Waals surface area contributed by atoms with Gasteiger partial charge in [-0.3, -0.25) is 0 Å². The second-order valence-corrected chi connectivity index (χ2v) is 6.91. The Morgan fingerprint density at radius 3 is 2.37 bits per heavy atom. The molecular formula is C17H36N2. The Kier molecular flexibility index (Phi) is 7.38. The first-order valence-electron chi connectivity index (χ1n) is 8.50. The van der Waals surface area contributed by atoms with Crippen molar-refractivity contribution in [3.8, 4) is 0 Å². The van der Waals surface area contributed by atoms with Crippen LogP contribution >= 0.6 is 0 Å². The minimum Gasteiger partial charge on any atom is -0.316 e. The lowest BCUT2D eigenvalue weighted by Crippen LogP contribution is -2.43. The van der Waals surface area contributed by atoms with Gasteiger partial charge >= 0.3 is 0 Å². The molecule has 0 aromatic carbocycles. The van der Waals surface area contributed by atoms with E-state index in [4.69, 9.17) is 0 Å². The monoisotopic (exact) mass is 268 g/mol. The summed E-state index contributed by atoms with van der Waals surface area (Å²) < 4.78 is 0. The fourth-order valence-electron chi connectivity index (χ4n) is 3.33. The highest BCUT2D eigenvalue weighted by Gasteiger charge is 2.32. The Labute approximate surface area is 121 Å². The predicted octanol–water partition coefficient (Wildman–Crippen LogP) is 3.77. The third-order valence-corrected chi connectivity index (χ3v) is 5.24. The van der Waals surface area contributed by atoms with Crippen LogP contribution in [0.5, 0.6) is 0 Å². The van der Waals surface area contributed by atoms with Crippen molar-refractivity contribution >= 4 is 0 Å². The van der Waals surface area contributed by atoms with Crippen molar-refractivity contribution in [1.29, 1.82) is 0 Å².